The molecule has 0 fully saturated rings. The zero-order chi connectivity index (χ0) is 30.2. The summed E-state index contributed by atoms with van der Waals surface area (Å²) in [4.78, 5) is 44.1. The van der Waals surface area contributed by atoms with E-state index in [0.717, 1.165) is 11.1 Å². The number of furan rings is 1. The fourth-order valence-electron chi connectivity index (χ4n) is 4.95. The number of para-hydroxylation sites is 1. The topological polar surface area (TPSA) is 114 Å². The van der Waals surface area contributed by atoms with Crippen molar-refractivity contribution in [2.24, 2.45) is 4.99 Å². The number of allylic oxidation sites excluding steroid dienone is 1. The molecule has 1 aliphatic rings. The van der Waals surface area contributed by atoms with E-state index < -0.39 is 12.0 Å². The molecule has 10 heteroatoms. The molecule has 0 radical (unpaired) electrons. The number of aryl methyl sites for hydroxylation is 1. The molecule has 2 aromatic heterocycles. The van der Waals surface area contributed by atoms with Crippen LogP contribution in [0.2, 0.25) is 5.02 Å². The van der Waals surface area contributed by atoms with Crippen molar-refractivity contribution < 1.29 is 19.1 Å². The summed E-state index contributed by atoms with van der Waals surface area (Å²) in [6, 6.07) is 24.2. The summed E-state index contributed by atoms with van der Waals surface area (Å²) in [5.74, 6) is -0.572. The number of benzene rings is 3. The van der Waals surface area contributed by atoms with E-state index in [1.54, 1.807) is 47.9 Å². The smallest absolute Gasteiger partial charge is 0.337 e. The molecule has 5 aromatic rings. The Balaban J connectivity index is 1.42. The molecular weight excluding hydrogens is 586 g/mol. The number of carboxylic acid groups (broad SMARTS) is 1. The standard InChI is InChI=1S/C33H24ClN3O5S/c1-18-8-10-20(11-9-18)29-28(30(38)36-22-6-4-3-5-7-22)19(2)35-33-37(29)31(39)27(43-33)17-23-13-15-26(42-23)21-12-14-24(32(40)41)25(34)16-21/h3-17,29H,1-2H3,(H,36,38)(H,40,41)/b27-17-/t29-/m0/s1. The molecule has 0 spiro atoms. The monoisotopic (exact) mass is 609 g/mol. The van der Waals surface area contributed by atoms with Crippen molar-refractivity contribution in [1.82, 2.24) is 4.57 Å². The van der Waals surface area contributed by atoms with E-state index in [0.29, 0.717) is 43.4 Å². The highest BCUT2D eigenvalue weighted by Crippen LogP contribution is 2.31. The van der Waals surface area contributed by atoms with Crippen LogP contribution < -0.4 is 20.2 Å². The first-order chi connectivity index (χ1) is 20.7. The number of aromatic nitrogens is 1. The van der Waals surface area contributed by atoms with Crippen LogP contribution in [0.25, 0.3) is 17.4 Å². The average molecular weight is 610 g/mol. The van der Waals surface area contributed by atoms with Crippen LogP contribution in [0.5, 0.6) is 0 Å². The zero-order valence-corrected chi connectivity index (χ0v) is 24.6. The zero-order valence-electron chi connectivity index (χ0n) is 23.0. The molecule has 43 heavy (non-hydrogen) atoms. The molecule has 1 amide bonds. The predicted molar refractivity (Wildman–Crippen MR) is 166 cm³/mol. The molecule has 8 nitrogen and oxygen atoms in total. The lowest BCUT2D eigenvalue weighted by atomic mass is 9.94. The highest BCUT2D eigenvalue weighted by atomic mass is 35.5. The first-order valence-corrected chi connectivity index (χ1v) is 14.5. The molecule has 2 N–H and O–H groups in total. The van der Waals surface area contributed by atoms with Crippen molar-refractivity contribution in [3.8, 4) is 11.3 Å². The number of carboxylic acids is 1. The predicted octanol–water partition coefficient (Wildman–Crippen LogP) is 5.79. The average Bonchev–Trinajstić information content (AvgIpc) is 3.57. The molecule has 1 aliphatic heterocycles. The van der Waals surface area contributed by atoms with E-state index in [1.807, 2.05) is 49.4 Å². The maximum atomic E-state index is 13.9. The lowest BCUT2D eigenvalue weighted by Gasteiger charge is -2.25. The first kappa shape index (κ1) is 28.1. The normalized spacial score (nSPS) is 14.8. The Labute approximate surface area is 254 Å². The third-order valence-corrected chi connectivity index (χ3v) is 8.37. The van der Waals surface area contributed by atoms with Gasteiger partial charge in [0.25, 0.3) is 11.5 Å². The van der Waals surface area contributed by atoms with Gasteiger partial charge in [-0.2, -0.15) is 0 Å². The number of carbonyl (C=O) groups is 2. The van der Waals surface area contributed by atoms with Gasteiger partial charge in [0.05, 0.1) is 32.4 Å². The van der Waals surface area contributed by atoms with Gasteiger partial charge in [-0.25, -0.2) is 9.79 Å². The minimum absolute atomic E-state index is 0.00597. The summed E-state index contributed by atoms with van der Waals surface area (Å²) in [6.45, 7) is 3.75. The fourth-order valence-corrected chi connectivity index (χ4v) is 6.24. The molecule has 0 aliphatic carbocycles. The lowest BCUT2D eigenvalue weighted by Crippen LogP contribution is -2.40. The number of halogens is 1. The van der Waals surface area contributed by atoms with Gasteiger partial charge in [-0.05, 0) is 55.8 Å². The van der Waals surface area contributed by atoms with Gasteiger partial charge >= 0.3 is 5.97 Å². The second-order valence-corrected chi connectivity index (χ2v) is 11.4. The number of nitrogens with one attached hydrogen (secondary N) is 1. The van der Waals surface area contributed by atoms with Gasteiger partial charge in [0.2, 0.25) is 0 Å². The van der Waals surface area contributed by atoms with Crippen molar-refractivity contribution in [2.75, 3.05) is 5.32 Å². The van der Waals surface area contributed by atoms with Crippen LogP contribution in [0.15, 0.2) is 110 Å². The number of aromatic carboxylic acids is 1. The maximum Gasteiger partial charge on any atom is 0.337 e. The Morgan fingerprint density at radius 1 is 1.02 bits per heavy atom. The first-order valence-electron chi connectivity index (χ1n) is 13.3. The van der Waals surface area contributed by atoms with Crippen molar-refractivity contribution in [3.63, 3.8) is 0 Å². The Bertz CT molecular complexity index is 2110. The van der Waals surface area contributed by atoms with Gasteiger partial charge in [-0.1, -0.05) is 77.0 Å². The number of nitrogens with zero attached hydrogens (tertiary/aromatic N) is 2. The highest BCUT2D eigenvalue weighted by molar-refractivity contribution is 7.07. The third kappa shape index (κ3) is 5.48. The number of hydrogen-bond donors (Lipinski definition) is 2. The number of carbonyl (C=O) groups excluding carboxylic acids is 1. The Hall–Kier alpha value is -4.99. The molecular formula is C33H24ClN3O5S. The fraction of sp³-hybridized carbons (Fsp3) is 0.0909. The van der Waals surface area contributed by atoms with E-state index in [2.05, 4.69) is 10.3 Å². The Kier molecular flexibility index (Phi) is 7.43. The Morgan fingerprint density at radius 3 is 2.47 bits per heavy atom. The minimum Gasteiger partial charge on any atom is -0.478 e. The van der Waals surface area contributed by atoms with E-state index in [-0.39, 0.29) is 22.1 Å². The van der Waals surface area contributed by atoms with Crippen LogP contribution in [0.3, 0.4) is 0 Å². The van der Waals surface area contributed by atoms with E-state index >= 15 is 0 Å². The molecule has 0 unspecified atom stereocenters. The summed E-state index contributed by atoms with van der Waals surface area (Å²) in [6.07, 6.45) is 1.63. The van der Waals surface area contributed by atoms with E-state index in [4.69, 9.17) is 16.0 Å². The molecule has 0 saturated carbocycles. The minimum atomic E-state index is -1.12. The number of anilines is 1. The van der Waals surface area contributed by atoms with Gasteiger partial charge < -0.3 is 14.8 Å². The third-order valence-electron chi connectivity index (χ3n) is 7.08. The van der Waals surface area contributed by atoms with Gasteiger partial charge in [0.1, 0.15) is 11.5 Å². The maximum absolute atomic E-state index is 13.9. The van der Waals surface area contributed by atoms with Crippen LogP contribution in [0.1, 0.15) is 40.2 Å². The SMILES string of the molecule is CC1=C(C(=O)Nc2ccccc2)[C@H](c2ccc(C)cc2)n2c(s/c(=C\c3ccc(-c4ccc(C(=O)O)c(Cl)c4)o3)c2=O)=N1. The molecule has 214 valence electrons. The molecule has 0 bridgehead atoms. The molecule has 6 rings (SSSR count). The second-order valence-electron chi connectivity index (χ2n) is 10.0. The largest absolute Gasteiger partial charge is 0.478 e. The Morgan fingerprint density at radius 2 is 1.77 bits per heavy atom. The summed E-state index contributed by atoms with van der Waals surface area (Å²) >= 11 is 7.35. The summed E-state index contributed by atoms with van der Waals surface area (Å²) in [7, 11) is 0. The number of hydrogen-bond acceptors (Lipinski definition) is 6. The molecule has 1 atom stereocenters. The van der Waals surface area contributed by atoms with Crippen LogP contribution in [0, 0.1) is 6.92 Å². The van der Waals surface area contributed by atoms with E-state index in [9.17, 15) is 19.5 Å². The van der Waals surface area contributed by atoms with Crippen molar-refractivity contribution in [2.45, 2.75) is 19.9 Å². The van der Waals surface area contributed by atoms with Crippen LogP contribution in [-0.2, 0) is 4.79 Å². The quantitative estimate of drug-likeness (QED) is 0.253. The number of rotatable bonds is 6. The summed E-state index contributed by atoms with van der Waals surface area (Å²) in [5.41, 5.74) is 3.67. The van der Waals surface area contributed by atoms with Gasteiger partial charge in [-0.15, -0.1) is 0 Å². The number of fused-ring (bicyclic) bond motifs is 1. The van der Waals surface area contributed by atoms with Crippen LogP contribution in [0.4, 0.5) is 5.69 Å². The molecule has 3 heterocycles. The van der Waals surface area contributed by atoms with Crippen molar-refractivity contribution in [3.05, 3.63) is 143 Å². The van der Waals surface area contributed by atoms with Gasteiger partial charge in [0, 0.05) is 17.3 Å². The number of thiazole rings is 1. The van der Waals surface area contributed by atoms with Gasteiger partial charge in [0.15, 0.2) is 4.80 Å². The molecule has 3 aromatic carbocycles. The van der Waals surface area contributed by atoms with Crippen LogP contribution in [-0.4, -0.2) is 21.6 Å². The lowest BCUT2D eigenvalue weighted by molar-refractivity contribution is -0.113. The van der Waals surface area contributed by atoms with Crippen LogP contribution >= 0.6 is 22.9 Å². The summed E-state index contributed by atoms with van der Waals surface area (Å²) < 4.78 is 7.92. The molecule has 0 saturated heterocycles. The summed E-state index contributed by atoms with van der Waals surface area (Å²) in [5, 5.41) is 12.3. The highest BCUT2D eigenvalue weighted by Gasteiger charge is 2.32. The number of amides is 1. The van der Waals surface area contributed by atoms with Gasteiger partial charge in [-0.3, -0.25) is 14.2 Å². The van der Waals surface area contributed by atoms with Crippen molar-refractivity contribution in [1.29, 1.82) is 0 Å². The van der Waals surface area contributed by atoms with Crippen molar-refractivity contribution >= 4 is 46.6 Å². The van der Waals surface area contributed by atoms with E-state index in [1.165, 1.54) is 23.5 Å². The second kappa shape index (κ2) is 11.4.